The van der Waals surface area contributed by atoms with Gasteiger partial charge in [-0.25, -0.2) is 0 Å². The van der Waals surface area contributed by atoms with Crippen LogP contribution in [0.2, 0.25) is 0 Å². The first-order chi connectivity index (χ1) is 5.74. The van der Waals surface area contributed by atoms with Gasteiger partial charge in [0.2, 0.25) is 0 Å². The van der Waals surface area contributed by atoms with Crippen molar-refractivity contribution in [2.45, 2.75) is 18.1 Å². The van der Waals surface area contributed by atoms with Crippen molar-refractivity contribution >= 4 is 11.8 Å². The summed E-state index contributed by atoms with van der Waals surface area (Å²) in [4.78, 5) is 9.82. The number of piperidine rings is 1. The molecule has 0 amide bonds. The molecule has 12 heavy (non-hydrogen) atoms. The molecule has 1 saturated heterocycles. The Bertz CT molecular complexity index is 206. The van der Waals surface area contributed by atoms with Crippen LogP contribution in [0, 0.1) is 10.1 Å². The summed E-state index contributed by atoms with van der Waals surface area (Å²) in [5.74, 6) is 0. The lowest BCUT2D eigenvalue weighted by atomic mass is 10.1. The summed E-state index contributed by atoms with van der Waals surface area (Å²) in [5, 5.41) is 13.5. The van der Waals surface area contributed by atoms with E-state index in [1.165, 1.54) is 0 Å². The molecule has 1 heterocycles. The fourth-order valence-corrected chi connectivity index (χ4v) is 2.08. The maximum atomic E-state index is 10.2. The Morgan fingerprint density at radius 1 is 1.83 bits per heavy atom. The highest BCUT2D eigenvalue weighted by Crippen LogP contribution is 2.23. The van der Waals surface area contributed by atoms with Crippen molar-refractivity contribution in [1.29, 1.82) is 0 Å². The van der Waals surface area contributed by atoms with E-state index in [4.69, 9.17) is 0 Å². The summed E-state index contributed by atoms with van der Waals surface area (Å²) in [6.07, 6.45) is 5.19. The van der Waals surface area contributed by atoms with Crippen LogP contribution < -0.4 is 5.32 Å². The summed E-state index contributed by atoms with van der Waals surface area (Å²) >= 11 is 1.66. The van der Waals surface area contributed by atoms with Crippen LogP contribution in [0.3, 0.4) is 0 Å². The average Bonchev–Trinajstić information content (AvgIpc) is 2.04. The molecule has 1 aliphatic heterocycles. The van der Waals surface area contributed by atoms with Gasteiger partial charge in [0.1, 0.15) is 0 Å². The molecule has 0 bridgehead atoms. The molecule has 5 heteroatoms. The summed E-state index contributed by atoms with van der Waals surface area (Å²) in [7, 11) is 0. The number of nitrogens with one attached hydrogen (secondary N) is 1. The predicted molar refractivity (Wildman–Crippen MR) is 49.6 cm³/mol. The Labute approximate surface area is 75.6 Å². The van der Waals surface area contributed by atoms with E-state index >= 15 is 0 Å². The van der Waals surface area contributed by atoms with Crippen molar-refractivity contribution in [3.8, 4) is 0 Å². The molecule has 0 saturated carbocycles. The monoisotopic (exact) mass is 188 g/mol. The van der Waals surface area contributed by atoms with E-state index in [1.54, 1.807) is 11.8 Å². The Morgan fingerprint density at radius 2 is 2.58 bits per heavy atom. The van der Waals surface area contributed by atoms with Crippen LogP contribution in [-0.2, 0) is 0 Å². The third-order valence-electron chi connectivity index (χ3n) is 1.85. The van der Waals surface area contributed by atoms with Crippen molar-refractivity contribution in [3.05, 3.63) is 22.0 Å². The van der Waals surface area contributed by atoms with Crippen LogP contribution in [0.1, 0.15) is 12.8 Å². The van der Waals surface area contributed by atoms with E-state index in [-0.39, 0.29) is 5.25 Å². The van der Waals surface area contributed by atoms with Gasteiger partial charge in [-0.05, 0) is 19.1 Å². The molecule has 1 rings (SSSR count). The highest BCUT2D eigenvalue weighted by Gasteiger charge is 2.19. The van der Waals surface area contributed by atoms with Crippen molar-refractivity contribution in [2.24, 2.45) is 0 Å². The third kappa shape index (κ3) is 2.41. The first-order valence-electron chi connectivity index (χ1n) is 3.86. The second-order valence-electron chi connectivity index (χ2n) is 2.66. The lowest BCUT2D eigenvalue weighted by molar-refractivity contribution is -0.403. The molecule has 0 aliphatic carbocycles. The van der Waals surface area contributed by atoms with Crippen LogP contribution in [0.5, 0.6) is 0 Å². The second kappa shape index (κ2) is 4.35. The summed E-state index contributed by atoms with van der Waals surface area (Å²) in [5.41, 5.74) is 0.763. The van der Waals surface area contributed by atoms with Crippen LogP contribution in [0.25, 0.3) is 0 Å². The lowest BCUT2D eigenvalue weighted by Gasteiger charge is -2.23. The lowest BCUT2D eigenvalue weighted by Crippen LogP contribution is -2.29. The molecule has 1 unspecified atom stereocenters. The van der Waals surface area contributed by atoms with E-state index < -0.39 is 4.92 Å². The first-order valence-corrected chi connectivity index (χ1v) is 5.14. The van der Waals surface area contributed by atoms with Gasteiger partial charge >= 0.3 is 0 Å². The first kappa shape index (κ1) is 9.38. The molecule has 0 radical (unpaired) electrons. The predicted octanol–water partition coefficient (Wildman–Crippen LogP) is 1.22. The Hall–Kier alpha value is -0.710. The van der Waals surface area contributed by atoms with Gasteiger partial charge in [0.05, 0.1) is 15.9 Å². The smallest absolute Gasteiger partial charge is 0.254 e. The Balaban J connectivity index is 2.64. The standard InChI is InChI=1S/C7H12N2O2S/c1-12-7-3-2-4-8-6(7)5-9(10)11/h5,7-8H,2-4H2,1H3/b6-5-. The summed E-state index contributed by atoms with van der Waals surface area (Å²) < 4.78 is 0. The summed E-state index contributed by atoms with van der Waals surface area (Å²) in [6.45, 7) is 0.858. The molecule has 0 aromatic rings. The largest absolute Gasteiger partial charge is 0.382 e. The van der Waals surface area contributed by atoms with Gasteiger partial charge in [-0.3, -0.25) is 10.1 Å². The van der Waals surface area contributed by atoms with Crippen molar-refractivity contribution < 1.29 is 4.92 Å². The van der Waals surface area contributed by atoms with Gasteiger partial charge in [-0.2, -0.15) is 11.8 Å². The molecule has 1 fully saturated rings. The number of hydrogen-bond donors (Lipinski definition) is 1. The van der Waals surface area contributed by atoms with Crippen molar-refractivity contribution in [1.82, 2.24) is 5.32 Å². The molecule has 1 atom stereocenters. The Kier molecular flexibility index (Phi) is 3.40. The molecular formula is C7H12N2O2S. The Morgan fingerprint density at radius 3 is 3.17 bits per heavy atom. The van der Waals surface area contributed by atoms with Gasteiger partial charge in [0.15, 0.2) is 0 Å². The zero-order valence-corrected chi connectivity index (χ0v) is 7.76. The molecule has 1 N–H and O–H groups in total. The molecule has 0 aromatic carbocycles. The molecule has 0 aromatic heterocycles. The highest BCUT2D eigenvalue weighted by atomic mass is 32.2. The minimum absolute atomic E-state index is 0.282. The average molecular weight is 188 g/mol. The van der Waals surface area contributed by atoms with E-state index in [0.717, 1.165) is 31.3 Å². The SMILES string of the molecule is CSC1CCCN/C1=C\[N+](=O)[O-]. The normalized spacial score (nSPS) is 26.8. The quantitative estimate of drug-likeness (QED) is 0.523. The van der Waals surface area contributed by atoms with Gasteiger partial charge in [0.25, 0.3) is 6.20 Å². The van der Waals surface area contributed by atoms with Crippen LogP contribution >= 0.6 is 11.8 Å². The van der Waals surface area contributed by atoms with E-state index in [2.05, 4.69) is 5.32 Å². The number of nitro groups is 1. The van der Waals surface area contributed by atoms with E-state index in [0.29, 0.717) is 0 Å². The maximum Gasteiger partial charge on any atom is 0.254 e. The maximum absolute atomic E-state index is 10.2. The summed E-state index contributed by atoms with van der Waals surface area (Å²) in [6, 6.07) is 0. The molecule has 1 aliphatic rings. The highest BCUT2D eigenvalue weighted by molar-refractivity contribution is 7.99. The third-order valence-corrected chi connectivity index (χ3v) is 2.91. The molecule has 4 nitrogen and oxygen atoms in total. The number of hydrogen-bond acceptors (Lipinski definition) is 4. The fraction of sp³-hybridized carbons (Fsp3) is 0.714. The molecular weight excluding hydrogens is 176 g/mol. The number of thioether (sulfide) groups is 1. The van der Waals surface area contributed by atoms with Gasteiger partial charge in [-0.1, -0.05) is 0 Å². The number of rotatable bonds is 2. The second-order valence-corrected chi connectivity index (χ2v) is 3.70. The van der Waals surface area contributed by atoms with Crippen LogP contribution in [-0.4, -0.2) is 23.0 Å². The van der Waals surface area contributed by atoms with E-state index in [1.807, 2.05) is 6.26 Å². The van der Waals surface area contributed by atoms with Crippen LogP contribution in [0.15, 0.2) is 11.9 Å². The topological polar surface area (TPSA) is 55.2 Å². The number of nitrogens with zero attached hydrogens (tertiary/aromatic N) is 1. The zero-order valence-electron chi connectivity index (χ0n) is 6.95. The van der Waals surface area contributed by atoms with Crippen molar-refractivity contribution in [3.63, 3.8) is 0 Å². The molecule has 0 spiro atoms. The molecule has 68 valence electrons. The van der Waals surface area contributed by atoms with Crippen LogP contribution in [0.4, 0.5) is 0 Å². The minimum Gasteiger partial charge on any atom is -0.382 e. The van der Waals surface area contributed by atoms with Gasteiger partial charge < -0.3 is 5.32 Å². The van der Waals surface area contributed by atoms with Crippen molar-refractivity contribution in [2.75, 3.05) is 12.8 Å². The minimum atomic E-state index is -0.392. The fourth-order valence-electron chi connectivity index (χ4n) is 1.28. The van der Waals surface area contributed by atoms with Gasteiger partial charge in [-0.15, -0.1) is 0 Å². The van der Waals surface area contributed by atoms with Gasteiger partial charge in [0, 0.05) is 6.54 Å². The zero-order chi connectivity index (χ0) is 8.97. The van der Waals surface area contributed by atoms with E-state index in [9.17, 15) is 10.1 Å².